The van der Waals surface area contributed by atoms with Crippen LogP contribution in [-0.4, -0.2) is 15.7 Å². The van der Waals surface area contributed by atoms with E-state index in [0.29, 0.717) is 10.0 Å². The summed E-state index contributed by atoms with van der Waals surface area (Å²) in [5.41, 5.74) is 5.28. The van der Waals surface area contributed by atoms with Crippen LogP contribution in [0.5, 0.6) is 0 Å². The molecule has 0 saturated heterocycles. The van der Waals surface area contributed by atoms with Gasteiger partial charge in [-0.3, -0.25) is 4.79 Å². The van der Waals surface area contributed by atoms with Crippen molar-refractivity contribution < 1.29 is 4.79 Å². The van der Waals surface area contributed by atoms with E-state index in [1.165, 1.54) is 0 Å². The summed E-state index contributed by atoms with van der Waals surface area (Å²) < 4.78 is 1.79. The van der Waals surface area contributed by atoms with Crippen molar-refractivity contribution in [1.82, 2.24) is 9.78 Å². The first-order valence-corrected chi connectivity index (χ1v) is 8.98. The van der Waals surface area contributed by atoms with E-state index in [0.717, 1.165) is 33.9 Å². The van der Waals surface area contributed by atoms with E-state index < -0.39 is 0 Å². The lowest BCUT2D eigenvalue weighted by molar-refractivity contribution is -0.115. The van der Waals surface area contributed by atoms with Gasteiger partial charge in [0.15, 0.2) is 0 Å². The molecule has 1 amide bonds. The fourth-order valence-corrected chi connectivity index (χ4v) is 3.16. The van der Waals surface area contributed by atoms with Crippen LogP contribution < -0.4 is 5.32 Å². The van der Waals surface area contributed by atoms with Crippen molar-refractivity contribution in [3.05, 3.63) is 75.0 Å². The highest BCUT2D eigenvalue weighted by Crippen LogP contribution is 2.26. The molecule has 1 N–H and O–H groups in total. The molecule has 4 nitrogen and oxygen atoms in total. The molecule has 3 aromatic rings. The van der Waals surface area contributed by atoms with Gasteiger partial charge in [-0.05, 0) is 50.6 Å². The molecule has 6 heteroatoms. The molecular weight excluding hydrogens is 369 g/mol. The predicted molar refractivity (Wildman–Crippen MR) is 107 cm³/mol. The van der Waals surface area contributed by atoms with Gasteiger partial charge in [-0.2, -0.15) is 5.10 Å². The summed E-state index contributed by atoms with van der Waals surface area (Å²) >= 11 is 12.1. The van der Waals surface area contributed by atoms with E-state index in [9.17, 15) is 4.79 Å². The maximum Gasteiger partial charge on any atom is 0.228 e. The summed E-state index contributed by atoms with van der Waals surface area (Å²) in [5, 5.41) is 8.49. The lowest BCUT2D eigenvalue weighted by Gasteiger charge is -2.09. The molecule has 0 fully saturated rings. The fourth-order valence-electron chi connectivity index (χ4n) is 2.87. The van der Waals surface area contributed by atoms with Gasteiger partial charge >= 0.3 is 0 Å². The Balaban J connectivity index is 1.85. The van der Waals surface area contributed by atoms with Crippen LogP contribution in [0.1, 0.15) is 22.5 Å². The molecule has 0 bridgehead atoms. The van der Waals surface area contributed by atoms with Crippen molar-refractivity contribution in [2.45, 2.75) is 27.2 Å². The summed E-state index contributed by atoms with van der Waals surface area (Å²) in [7, 11) is 0. The van der Waals surface area contributed by atoms with Crippen LogP contribution in [0.3, 0.4) is 0 Å². The van der Waals surface area contributed by atoms with Gasteiger partial charge in [0.05, 0.1) is 27.8 Å². The Kier molecular flexibility index (Phi) is 5.35. The molecular formula is C20H19Cl2N3O. The van der Waals surface area contributed by atoms with Crippen molar-refractivity contribution in [2.75, 3.05) is 5.32 Å². The molecule has 134 valence electrons. The van der Waals surface area contributed by atoms with E-state index in [2.05, 4.69) is 10.4 Å². The van der Waals surface area contributed by atoms with Crippen LogP contribution in [-0.2, 0) is 11.2 Å². The Morgan fingerprint density at radius 2 is 1.81 bits per heavy atom. The van der Waals surface area contributed by atoms with Crippen molar-refractivity contribution in [2.24, 2.45) is 0 Å². The zero-order chi connectivity index (χ0) is 18.8. The Morgan fingerprint density at radius 1 is 1.08 bits per heavy atom. The predicted octanol–water partition coefficient (Wildman–Crippen LogP) is 5.29. The van der Waals surface area contributed by atoms with Crippen molar-refractivity contribution in [3.63, 3.8) is 0 Å². The minimum atomic E-state index is -0.0702. The van der Waals surface area contributed by atoms with Crippen LogP contribution in [0.2, 0.25) is 10.0 Å². The third-order valence-corrected chi connectivity index (χ3v) is 5.08. The number of para-hydroxylation sites is 1. The molecule has 26 heavy (non-hydrogen) atoms. The van der Waals surface area contributed by atoms with E-state index in [1.807, 2.05) is 51.1 Å². The Bertz CT molecular complexity index is 979. The third kappa shape index (κ3) is 3.76. The summed E-state index contributed by atoms with van der Waals surface area (Å²) in [4.78, 5) is 12.5. The lowest BCUT2D eigenvalue weighted by Crippen LogP contribution is -2.16. The van der Waals surface area contributed by atoms with E-state index in [1.54, 1.807) is 16.8 Å². The number of hydrogen-bond donors (Lipinski definition) is 1. The Labute approximate surface area is 162 Å². The first-order valence-electron chi connectivity index (χ1n) is 8.23. The molecule has 2 aromatic carbocycles. The number of nitrogens with zero attached hydrogens (tertiary/aromatic N) is 2. The van der Waals surface area contributed by atoms with E-state index in [-0.39, 0.29) is 12.3 Å². The van der Waals surface area contributed by atoms with Crippen LogP contribution >= 0.6 is 23.2 Å². The Morgan fingerprint density at radius 3 is 2.50 bits per heavy atom. The van der Waals surface area contributed by atoms with Crippen LogP contribution in [0, 0.1) is 20.8 Å². The summed E-state index contributed by atoms with van der Waals surface area (Å²) in [5.74, 6) is -0.0702. The molecule has 0 aliphatic rings. The van der Waals surface area contributed by atoms with E-state index in [4.69, 9.17) is 23.2 Å². The molecule has 0 atom stereocenters. The lowest BCUT2D eigenvalue weighted by atomic mass is 10.1. The van der Waals surface area contributed by atoms with Gasteiger partial charge in [-0.1, -0.05) is 41.4 Å². The fraction of sp³-hybridized carbons (Fsp3) is 0.200. The summed E-state index contributed by atoms with van der Waals surface area (Å²) in [6.07, 6.45) is 0.257. The van der Waals surface area contributed by atoms with Crippen molar-refractivity contribution >= 4 is 34.8 Å². The largest absolute Gasteiger partial charge is 0.326 e. The second kappa shape index (κ2) is 7.52. The zero-order valence-corrected chi connectivity index (χ0v) is 16.3. The maximum absolute atomic E-state index is 12.5. The highest BCUT2D eigenvalue weighted by atomic mass is 35.5. The molecule has 0 spiro atoms. The monoisotopic (exact) mass is 387 g/mol. The number of carbonyl (C=O) groups excluding carboxylic acids is 1. The number of carbonyl (C=O) groups is 1. The number of amides is 1. The number of hydrogen-bond acceptors (Lipinski definition) is 2. The molecule has 3 rings (SSSR count). The van der Waals surface area contributed by atoms with Gasteiger partial charge in [0.2, 0.25) is 5.91 Å². The number of aromatic nitrogens is 2. The molecule has 0 aliphatic heterocycles. The Hall–Kier alpha value is -2.30. The SMILES string of the molecule is Cc1ccccc1NC(=O)Cc1c(C)nn(-c2ccc(Cl)c(Cl)c2)c1C. The average Bonchev–Trinajstić information content (AvgIpc) is 2.87. The highest BCUT2D eigenvalue weighted by molar-refractivity contribution is 6.42. The minimum absolute atomic E-state index is 0.0702. The summed E-state index contributed by atoms with van der Waals surface area (Å²) in [6.45, 7) is 5.81. The third-order valence-electron chi connectivity index (χ3n) is 4.35. The standard InChI is InChI=1S/C20H19Cl2N3O/c1-12-6-4-5-7-19(12)23-20(26)11-16-13(2)24-25(14(16)3)15-8-9-17(21)18(22)10-15/h4-10H,11H2,1-3H3,(H,23,26). The van der Waals surface area contributed by atoms with Gasteiger partial charge in [-0.15, -0.1) is 0 Å². The van der Waals surface area contributed by atoms with E-state index >= 15 is 0 Å². The van der Waals surface area contributed by atoms with Gasteiger partial charge in [0.25, 0.3) is 0 Å². The molecule has 0 aliphatic carbocycles. The minimum Gasteiger partial charge on any atom is -0.326 e. The quantitative estimate of drug-likeness (QED) is 0.661. The summed E-state index contributed by atoms with van der Waals surface area (Å²) in [6, 6.07) is 13.1. The van der Waals surface area contributed by atoms with Crippen LogP contribution in [0.4, 0.5) is 5.69 Å². The normalized spacial score (nSPS) is 10.8. The topological polar surface area (TPSA) is 46.9 Å². The highest BCUT2D eigenvalue weighted by Gasteiger charge is 2.17. The number of halogens is 2. The maximum atomic E-state index is 12.5. The number of aryl methyl sites for hydroxylation is 2. The molecule has 1 heterocycles. The van der Waals surface area contributed by atoms with Crippen LogP contribution in [0.15, 0.2) is 42.5 Å². The second-order valence-corrected chi connectivity index (χ2v) is 7.01. The molecule has 0 saturated carbocycles. The van der Waals surface area contributed by atoms with Crippen molar-refractivity contribution in [3.8, 4) is 5.69 Å². The first-order chi connectivity index (χ1) is 12.4. The zero-order valence-electron chi connectivity index (χ0n) is 14.8. The number of nitrogens with one attached hydrogen (secondary N) is 1. The number of anilines is 1. The van der Waals surface area contributed by atoms with Gasteiger partial charge in [-0.25, -0.2) is 4.68 Å². The molecule has 1 aromatic heterocycles. The smallest absolute Gasteiger partial charge is 0.228 e. The number of benzene rings is 2. The van der Waals surface area contributed by atoms with Crippen LogP contribution in [0.25, 0.3) is 5.69 Å². The van der Waals surface area contributed by atoms with Gasteiger partial charge < -0.3 is 5.32 Å². The molecule has 0 unspecified atom stereocenters. The average molecular weight is 388 g/mol. The van der Waals surface area contributed by atoms with Gasteiger partial charge in [0, 0.05) is 16.9 Å². The molecule has 0 radical (unpaired) electrons. The van der Waals surface area contributed by atoms with Crippen molar-refractivity contribution in [1.29, 1.82) is 0 Å². The number of rotatable bonds is 4. The van der Waals surface area contributed by atoms with Gasteiger partial charge in [0.1, 0.15) is 0 Å². The first kappa shape index (κ1) is 18.5. The second-order valence-electron chi connectivity index (χ2n) is 6.20.